The lowest BCUT2D eigenvalue weighted by atomic mass is 9.96. The smallest absolute Gasteiger partial charge is 0.226 e. The van der Waals surface area contributed by atoms with Gasteiger partial charge in [-0.25, -0.2) is 4.39 Å². The minimum Gasteiger partial charge on any atom is -0.342 e. The Labute approximate surface area is 168 Å². The van der Waals surface area contributed by atoms with E-state index in [2.05, 4.69) is 15.1 Å². The van der Waals surface area contributed by atoms with Crippen molar-refractivity contribution in [1.82, 2.24) is 15.1 Å². The van der Waals surface area contributed by atoms with Crippen LogP contribution in [-0.4, -0.2) is 55.5 Å². The molecule has 0 radical (unpaired) electrons. The van der Waals surface area contributed by atoms with Crippen LogP contribution < -0.4 is 5.32 Å². The fraction of sp³-hybridized carbons (Fsp3) is 0.632. The van der Waals surface area contributed by atoms with Crippen molar-refractivity contribution in [1.29, 1.82) is 0 Å². The fourth-order valence-electron chi connectivity index (χ4n) is 4.04. The Kier molecular flexibility index (Phi) is 9.86. The van der Waals surface area contributed by atoms with Crippen LogP contribution in [0, 0.1) is 17.7 Å². The lowest BCUT2D eigenvalue weighted by Gasteiger charge is -2.34. The molecule has 2 saturated heterocycles. The van der Waals surface area contributed by atoms with E-state index in [4.69, 9.17) is 0 Å². The zero-order valence-electron chi connectivity index (χ0n) is 15.3. The average Bonchev–Trinajstić information content (AvgIpc) is 3.03. The highest BCUT2D eigenvalue weighted by atomic mass is 35.5. The largest absolute Gasteiger partial charge is 0.342 e. The summed E-state index contributed by atoms with van der Waals surface area (Å²) in [6.07, 6.45) is 3.12. The Morgan fingerprint density at radius 3 is 2.77 bits per heavy atom. The zero-order chi connectivity index (χ0) is 16.9. The van der Waals surface area contributed by atoms with Gasteiger partial charge >= 0.3 is 0 Å². The number of carbonyl (C=O) groups excluding carboxylic acids is 1. The first-order valence-corrected chi connectivity index (χ1v) is 9.06. The summed E-state index contributed by atoms with van der Waals surface area (Å²) in [6, 6.07) is 6.77. The number of likely N-dealkylation sites (tertiary alicyclic amines) is 2. The van der Waals surface area contributed by atoms with Gasteiger partial charge in [-0.3, -0.25) is 9.69 Å². The Bertz CT molecular complexity index is 575. The van der Waals surface area contributed by atoms with E-state index in [0.29, 0.717) is 11.8 Å². The van der Waals surface area contributed by atoms with E-state index in [-0.39, 0.29) is 36.5 Å². The molecule has 3 rings (SSSR count). The third kappa shape index (κ3) is 6.08. The molecule has 26 heavy (non-hydrogen) atoms. The zero-order valence-corrected chi connectivity index (χ0v) is 17.0. The van der Waals surface area contributed by atoms with Crippen molar-refractivity contribution >= 4 is 30.7 Å². The van der Waals surface area contributed by atoms with Crippen molar-refractivity contribution in [2.75, 3.05) is 39.8 Å². The molecular weight excluding hydrogens is 376 g/mol. The summed E-state index contributed by atoms with van der Waals surface area (Å²) in [5, 5.41) is 3.21. The number of rotatable bonds is 5. The van der Waals surface area contributed by atoms with Crippen LogP contribution >= 0.6 is 24.8 Å². The van der Waals surface area contributed by atoms with E-state index in [1.165, 1.54) is 6.07 Å². The minimum atomic E-state index is -0.190. The van der Waals surface area contributed by atoms with Gasteiger partial charge in [0.15, 0.2) is 0 Å². The van der Waals surface area contributed by atoms with Gasteiger partial charge in [-0.2, -0.15) is 0 Å². The highest BCUT2D eigenvalue weighted by molar-refractivity contribution is 5.85. The molecular formula is C19H30Cl2FN3O. The molecule has 0 saturated carbocycles. The molecule has 7 heteroatoms. The maximum atomic E-state index is 13.3. The van der Waals surface area contributed by atoms with Gasteiger partial charge in [0.25, 0.3) is 0 Å². The highest BCUT2D eigenvalue weighted by Gasteiger charge is 2.33. The summed E-state index contributed by atoms with van der Waals surface area (Å²) in [5.74, 6) is 0.814. The number of nitrogens with one attached hydrogen (secondary N) is 1. The standard InChI is InChI=1S/C19H28FN3O.2ClH/c1-21-11-16-7-9-23(13-16)19(24)17-5-3-8-22(14-17)12-15-4-2-6-18(20)10-15;;/h2,4,6,10,16-17,21H,3,5,7-9,11-14H2,1H3;2*1H. The molecule has 1 aromatic rings. The number of carbonyl (C=O) groups is 1. The molecule has 0 spiro atoms. The molecule has 1 aromatic carbocycles. The van der Waals surface area contributed by atoms with E-state index >= 15 is 0 Å². The minimum absolute atomic E-state index is 0. The number of halogens is 3. The maximum Gasteiger partial charge on any atom is 0.226 e. The van der Waals surface area contributed by atoms with E-state index in [1.807, 2.05) is 13.1 Å². The first-order valence-electron chi connectivity index (χ1n) is 9.06. The molecule has 148 valence electrons. The maximum absolute atomic E-state index is 13.3. The molecule has 4 nitrogen and oxygen atoms in total. The predicted molar refractivity (Wildman–Crippen MR) is 108 cm³/mol. The van der Waals surface area contributed by atoms with E-state index < -0.39 is 0 Å². The van der Waals surface area contributed by atoms with Gasteiger partial charge in [0.05, 0.1) is 5.92 Å². The molecule has 0 bridgehead atoms. The monoisotopic (exact) mass is 405 g/mol. The van der Waals surface area contributed by atoms with Gasteiger partial charge in [-0.1, -0.05) is 12.1 Å². The van der Waals surface area contributed by atoms with E-state index in [1.54, 1.807) is 12.1 Å². The van der Waals surface area contributed by atoms with Crippen LogP contribution in [0.15, 0.2) is 24.3 Å². The fourth-order valence-corrected chi connectivity index (χ4v) is 4.04. The van der Waals surface area contributed by atoms with Crippen LogP contribution in [0.4, 0.5) is 4.39 Å². The van der Waals surface area contributed by atoms with Crippen LogP contribution in [0.3, 0.4) is 0 Å². The number of benzene rings is 1. The van der Waals surface area contributed by atoms with Gasteiger partial charge < -0.3 is 10.2 Å². The first kappa shape index (κ1) is 23.2. The topological polar surface area (TPSA) is 35.6 Å². The number of hydrogen-bond donors (Lipinski definition) is 1. The lowest BCUT2D eigenvalue weighted by Crippen LogP contribution is -2.44. The number of hydrogen-bond acceptors (Lipinski definition) is 3. The van der Waals surface area contributed by atoms with Crippen molar-refractivity contribution in [3.8, 4) is 0 Å². The van der Waals surface area contributed by atoms with Gasteiger partial charge in [0, 0.05) is 26.2 Å². The molecule has 2 fully saturated rings. The van der Waals surface area contributed by atoms with Crippen molar-refractivity contribution in [3.05, 3.63) is 35.6 Å². The van der Waals surface area contributed by atoms with Crippen molar-refractivity contribution in [3.63, 3.8) is 0 Å². The summed E-state index contributed by atoms with van der Waals surface area (Å²) in [6.45, 7) is 5.28. The summed E-state index contributed by atoms with van der Waals surface area (Å²) in [4.78, 5) is 17.2. The summed E-state index contributed by atoms with van der Waals surface area (Å²) < 4.78 is 13.3. The third-order valence-electron chi connectivity index (χ3n) is 5.24. The molecule has 2 unspecified atom stereocenters. The Balaban J connectivity index is 0.00000169. The Morgan fingerprint density at radius 2 is 2.04 bits per heavy atom. The van der Waals surface area contributed by atoms with E-state index in [9.17, 15) is 9.18 Å². The van der Waals surface area contributed by atoms with Gasteiger partial charge in [0.1, 0.15) is 5.82 Å². The molecule has 2 atom stereocenters. The lowest BCUT2D eigenvalue weighted by molar-refractivity contribution is -0.136. The number of amides is 1. The first-order chi connectivity index (χ1) is 11.7. The Hall–Kier alpha value is -0.880. The Morgan fingerprint density at radius 1 is 1.23 bits per heavy atom. The van der Waals surface area contributed by atoms with Crippen LogP contribution in [0.2, 0.25) is 0 Å². The third-order valence-corrected chi connectivity index (χ3v) is 5.24. The van der Waals surface area contributed by atoms with Crippen LogP contribution in [0.5, 0.6) is 0 Å². The summed E-state index contributed by atoms with van der Waals surface area (Å²) >= 11 is 0. The molecule has 0 aliphatic carbocycles. The molecule has 0 aromatic heterocycles. The van der Waals surface area contributed by atoms with Crippen LogP contribution in [-0.2, 0) is 11.3 Å². The normalized spacial score (nSPS) is 23.2. The number of piperidine rings is 1. The van der Waals surface area contributed by atoms with Gasteiger partial charge in [-0.15, -0.1) is 24.8 Å². The summed E-state index contributed by atoms with van der Waals surface area (Å²) in [5.41, 5.74) is 0.985. The second-order valence-corrected chi connectivity index (χ2v) is 7.20. The van der Waals surface area contributed by atoms with Crippen LogP contribution in [0.25, 0.3) is 0 Å². The van der Waals surface area contributed by atoms with Gasteiger partial charge in [0.2, 0.25) is 5.91 Å². The SMILES string of the molecule is CNCC1CCN(C(=O)C2CCCN(Cc3cccc(F)c3)C2)C1.Cl.Cl. The van der Waals surface area contributed by atoms with Crippen molar-refractivity contribution in [2.45, 2.75) is 25.8 Å². The van der Waals surface area contributed by atoms with E-state index in [0.717, 1.165) is 64.1 Å². The molecule has 1 amide bonds. The quantitative estimate of drug-likeness (QED) is 0.817. The van der Waals surface area contributed by atoms with Crippen molar-refractivity contribution < 1.29 is 9.18 Å². The second kappa shape index (κ2) is 11.1. The average molecular weight is 406 g/mol. The second-order valence-electron chi connectivity index (χ2n) is 7.20. The number of nitrogens with zero attached hydrogens (tertiary/aromatic N) is 2. The van der Waals surface area contributed by atoms with Gasteiger partial charge in [-0.05, 0) is 63.0 Å². The highest BCUT2D eigenvalue weighted by Crippen LogP contribution is 2.24. The van der Waals surface area contributed by atoms with Crippen molar-refractivity contribution in [2.24, 2.45) is 11.8 Å². The molecule has 2 aliphatic rings. The summed E-state index contributed by atoms with van der Waals surface area (Å²) in [7, 11) is 1.97. The van der Waals surface area contributed by atoms with Crippen LogP contribution in [0.1, 0.15) is 24.8 Å². The predicted octanol–water partition coefficient (Wildman–Crippen LogP) is 2.95. The molecule has 2 aliphatic heterocycles. The molecule has 2 heterocycles. The molecule has 1 N–H and O–H groups in total.